The van der Waals surface area contributed by atoms with Crippen molar-refractivity contribution in [3.8, 4) is 5.75 Å². The van der Waals surface area contributed by atoms with E-state index in [0.717, 1.165) is 6.20 Å². The van der Waals surface area contributed by atoms with Crippen LogP contribution < -0.4 is 14.5 Å². The molecule has 0 N–H and O–H groups in total. The molecule has 0 radical (unpaired) electrons. The first kappa shape index (κ1) is 21.8. The Morgan fingerprint density at radius 2 is 1.52 bits per heavy atom. The molecule has 2 aromatic carbocycles. The highest BCUT2D eigenvalue weighted by atomic mass is 19.4. The lowest BCUT2D eigenvalue weighted by Crippen LogP contribution is -2.21. The van der Waals surface area contributed by atoms with Gasteiger partial charge in [0.2, 0.25) is 5.95 Å². The maximum absolute atomic E-state index is 13.6. The second-order valence-corrected chi connectivity index (χ2v) is 6.49. The summed E-state index contributed by atoms with van der Waals surface area (Å²) in [6.45, 7) is 0. The van der Waals surface area contributed by atoms with Crippen molar-refractivity contribution >= 4 is 28.8 Å². The molecule has 0 aliphatic heterocycles. The molecule has 0 spiro atoms. The Kier molecular flexibility index (Phi) is 5.95. The number of non-ortho nitro benzene ring substituents is 1. The molecule has 1 heterocycles. The van der Waals surface area contributed by atoms with Crippen molar-refractivity contribution in [1.29, 1.82) is 0 Å². The quantitative estimate of drug-likeness (QED) is 0.402. The summed E-state index contributed by atoms with van der Waals surface area (Å²) in [4.78, 5) is 21.0. The van der Waals surface area contributed by atoms with Gasteiger partial charge < -0.3 is 14.5 Å². The number of rotatable bonds is 6. The lowest BCUT2D eigenvalue weighted by molar-refractivity contribution is -0.384. The van der Waals surface area contributed by atoms with E-state index in [1.54, 1.807) is 31.3 Å². The van der Waals surface area contributed by atoms with Gasteiger partial charge in [-0.25, -0.2) is 4.98 Å². The molecule has 0 aliphatic rings. The summed E-state index contributed by atoms with van der Waals surface area (Å²) in [5, 5.41) is 10.8. The van der Waals surface area contributed by atoms with Gasteiger partial charge in [-0.05, 0) is 36.4 Å². The lowest BCUT2D eigenvalue weighted by atomic mass is 10.2. The average molecular weight is 433 g/mol. The highest BCUT2D eigenvalue weighted by Gasteiger charge is 2.37. The number of benzene rings is 2. The minimum absolute atomic E-state index is 0.0435. The molecule has 1 aromatic heterocycles. The molecule has 3 aromatic rings. The van der Waals surface area contributed by atoms with Gasteiger partial charge in [-0.15, -0.1) is 0 Å². The Balaban J connectivity index is 2.03. The molecular formula is C20H18F3N5O3. The van der Waals surface area contributed by atoms with Crippen LogP contribution in [0, 0.1) is 10.1 Å². The highest BCUT2D eigenvalue weighted by molar-refractivity contribution is 5.66. The van der Waals surface area contributed by atoms with E-state index in [0.29, 0.717) is 17.1 Å². The number of anilines is 4. The van der Waals surface area contributed by atoms with E-state index in [1.165, 1.54) is 48.2 Å². The Bertz CT molecular complexity index is 1070. The van der Waals surface area contributed by atoms with Crippen molar-refractivity contribution in [2.45, 2.75) is 6.18 Å². The fourth-order valence-corrected chi connectivity index (χ4v) is 2.82. The molecule has 162 valence electrons. The Morgan fingerprint density at radius 1 is 0.968 bits per heavy atom. The van der Waals surface area contributed by atoms with Crippen molar-refractivity contribution in [1.82, 2.24) is 9.97 Å². The average Bonchev–Trinajstić information content (AvgIpc) is 2.77. The lowest BCUT2D eigenvalue weighted by Gasteiger charge is -2.25. The summed E-state index contributed by atoms with van der Waals surface area (Å²) in [5.41, 5.74) is -0.256. The van der Waals surface area contributed by atoms with Gasteiger partial charge in [0.25, 0.3) is 5.69 Å². The van der Waals surface area contributed by atoms with Gasteiger partial charge in [0, 0.05) is 43.8 Å². The van der Waals surface area contributed by atoms with Crippen LogP contribution in [0.5, 0.6) is 5.75 Å². The van der Waals surface area contributed by atoms with Crippen molar-refractivity contribution in [2.75, 3.05) is 31.0 Å². The summed E-state index contributed by atoms with van der Waals surface area (Å²) in [5.74, 6) is 0.290. The second-order valence-electron chi connectivity index (χ2n) is 6.49. The van der Waals surface area contributed by atoms with Crippen molar-refractivity contribution in [3.63, 3.8) is 0 Å². The molecular weight excluding hydrogens is 415 g/mol. The normalized spacial score (nSPS) is 11.2. The summed E-state index contributed by atoms with van der Waals surface area (Å²) in [7, 11) is 4.55. The molecule has 0 aliphatic carbocycles. The van der Waals surface area contributed by atoms with Gasteiger partial charge in [-0.1, -0.05) is 0 Å². The third-order valence-electron chi connectivity index (χ3n) is 4.59. The first-order valence-electron chi connectivity index (χ1n) is 8.92. The minimum atomic E-state index is -4.69. The predicted octanol–water partition coefficient (Wildman–Crippen LogP) is 4.95. The van der Waals surface area contributed by atoms with E-state index in [9.17, 15) is 23.3 Å². The van der Waals surface area contributed by atoms with E-state index in [4.69, 9.17) is 4.74 Å². The number of aromatic nitrogens is 2. The number of methoxy groups -OCH3 is 1. The third-order valence-corrected chi connectivity index (χ3v) is 4.59. The van der Waals surface area contributed by atoms with E-state index in [1.807, 2.05) is 0 Å². The highest BCUT2D eigenvalue weighted by Crippen LogP contribution is 2.38. The van der Waals surface area contributed by atoms with E-state index >= 15 is 0 Å². The van der Waals surface area contributed by atoms with Crippen LogP contribution in [0.3, 0.4) is 0 Å². The zero-order valence-corrected chi connectivity index (χ0v) is 16.8. The summed E-state index contributed by atoms with van der Waals surface area (Å²) in [6, 6.07) is 12.0. The van der Waals surface area contributed by atoms with Crippen LogP contribution in [0.25, 0.3) is 0 Å². The van der Waals surface area contributed by atoms with Crippen molar-refractivity contribution in [2.24, 2.45) is 0 Å². The number of hydrogen-bond donors (Lipinski definition) is 0. The number of hydrogen-bond acceptors (Lipinski definition) is 7. The molecule has 0 bridgehead atoms. The Labute approximate surface area is 175 Å². The summed E-state index contributed by atoms with van der Waals surface area (Å²) >= 11 is 0. The van der Waals surface area contributed by atoms with Crippen molar-refractivity contribution < 1.29 is 22.8 Å². The smallest absolute Gasteiger partial charge is 0.421 e. The van der Waals surface area contributed by atoms with Crippen LogP contribution in [0.15, 0.2) is 54.7 Å². The Hall–Kier alpha value is -3.89. The summed E-state index contributed by atoms with van der Waals surface area (Å²) < 4.78 is 45.9. The fraction of sp³-hybridized carbons (Fsp3) is 0.200. The van der Waals surface area contributed by atoms with E-state index < -0.39 is 16.7 Å². The molecule has 0 saturated carbocycles. The molecule has 3 rings (SSSR count). The molecule has 8 nitrogen and oxygen atoms in total. The molecule has 11 heteroatoms. The number of ether oxygens (including phenoxy) is 1. The standard InChI is InChI=1S/C20H18F3N5O3/c1-26(13-4-6-15(7-5-13)28(29)30)18-17(20(21,22)23)12-24-19(25-18)27(2)14-8-10-16(31-3)11-9-14/h4-12H,1-3H3. The number of alkyl halides is 3. The minimum Gasteiger partial charge on any atom is -0.497 e. The summed E-state index contributed by atoms with van der Waals surface area (Å²) in [6.07, 6.45) is -3.97. The number of halogens is 3. The monoisotopic (exact) mass is 433 g/mol. The van der Waals surface area contributed by atoms with Gasteiger partial charge in [0.15, 0.2) is 5.82 Å². The van der Waals surface area contributed by atoms with E-state index in [2.05, 4.69) is 9.97 Å². The largest absolute Gasteiger partial charge is 0.497 e. The zero-order valence-electron chi connectivity index (χ0n) is 16.8. The molecule has 0 amide bonds. The van der Waals surface area contributed by atoms with E-state index in [-0.39, 0.29) is 17.5 Å². The Morgan fingerprint density at radius 3 is 2.03 bits per heavy atom. The van der Waals surface area contributed by atoms with Crippen LogP contribution in [0.2, 0.25) is 0 Å². The van der Waals surface area contributed by atoms with Crippen molar-refractivity contribution in [3.05, 3.63) is 70.4 Å². The topological polar surface area (TPSA) is 84.6 Å². The van der Waals surface area contributed by atoms with Gasteiger partial charge in [-0.3, -0.25) is 10.1 Å². The second kappa shape index (κ2) is 8.46. The maximum atomic E-state index is 13.6. The van der Waals surface area contributed by atoms with Gasteiger partial charge in [0.1, 0.15) is 11.3 Å². The molecule has 0 atom stereocenters. The first-order chi connectivity index (χ1) is 14.6. The molecule has 0 saturated heterocycles. The molecule has 0 unspecified atom stereocenters. The van der Waals surface area contributed by atoms with Crippen LogP contribution in [0.4, 0.5) is 42.0 Å². The third kappa shape index (κ3) is 4.65. The zero-order chi connectivity index (χ0) is 22.8. The molecule has 0 fully saturated rings. The van der Waals surface area contributed by atoms with Crippen LogP contribution in [-0.4, -0.2) is 36.1 Å². The number of nitro groups is 1. The first-order valence-corrected chi connectivity index (χ1v) is 8.92. The van der Waals surface area contributed by atoms with Gasteiger partial charge >= 0.3 is 6.18 Å². The van der Waals surface area contributed by atoms with Gasteiger partial charge in [0.05, 0.1) is 12.0 Å². The fourth-order valence-electron chi connectivity index (χ4n) is 2.82. The van der Waals surface area contributed by atoms with Crippen LogP contribution in [-0.2, 0) is 6.18 Å². The van der Waals surface area contributed by atoms with Gasteiger partial charge in [-0.2, -0.15) is 18.2 Å². The predicted molar refractivity (Wildman–Crippen MR) is 109 cm³/mol. The van der Waals surface area contributed by atoms with Crippen LogP contribution in [0.1, 0.15) is 5.56 Å². The maximum Gasteiger partial charge on any atom is 0.421 e. The number of nitrogens with zero attached hydrogens (tertiary/aromatic N) is 5. The SMILES string of the molecule is COc1ccc(N(C)c2ncc(C(F)(F)F)c(N(C)c3ccc([N+](=O)[O-])cc3)n2)cc1. The number of nitro benzene ring substituents is 1. The van der Waals surface area contributed by atoms with Crippen LogP contribution >= 0.6 is 0 Å². The molecule has 31 heavy (non-hydrogen) atoms.